The molecule has 2 aromatic heterocycles. The summed E-state index contributed by atoms with van der Waals surface area (Å²) >= 11 is 0. The van der Waals surface area contributed by atoms with E-state index >= 15 is 0 Å². The molecule has 1 amide bonds. The standard InChI is InChI=1S/C20H17N5O2/c1-27-17-8-2-14(3-9-17)12-20(26)22-16-6-4-15(5-7-16)18-10-11-19-23-21-13-25(19)24-18/h2-11,13H,12H2,1H3,(H,22,26). The molecule has 1 N–H and O–H groups in total. The molecule has 7 heteroatoms. The Morgan fingerprint density at radius 2 is 1.81 bits per heavy atom. The molecule has 0 saturated carbocycles. The number of methoxy groups -OCH3 is 1. The van der Waals surface area contributed by atoms with E-state index in [4.69, 9.17) is 4.74 Å². The van der Waals surface area contributed by atoms with Crippen LogP contribution in [-0.2, 0) is 11.2 Å². The number of hydrogen-bond acceptors (Lipinski definition) is 5. The van der Waals surface area contributed by atoms with Gasteiger partial charge in [0, 0.05) is 11.3 Å². The summed E-state index contributed by atoms with van der Waals surface area (Å²) in [7, 11) is 1.62. The molecule has 0 bridgehead atoms. The second-order valence-corrected chi connectivity index (χ2v) is 6.00. The number of carbonyl (C=O) groups excluding carboxylic acids is 1. The van der Waals surface area contributed by atoms with Gasteiger partial charge >= 0.3 is 0 Å². The van der Waals surface area contributed by atoms with Gasteiger partial charge in [-0.05, 0) is 42.0 Å². The minimum atomic E-state index is -0.0723. The summed E-state index contributed by atoms with van der Waals surface area (Å²) in [6, 6.07) is 18.8. The van der Waals surface area contributed by atoms with Crippen LogP contribution < -0.4 is 10.1 Å². The third kappa shape index (κ3) is 3.77. The molecule has 2 heterocycles. The van der Waals surface area contributed by atoms with Crippen molar-refractivity contribution in [1.82, 2.24) is 19.8 Å². The van der Waals surface area contributed by atoms with Crippen LogP contribution in [0.25, 0.3) is 16.9 Å². The van der Waals surface area contributed by atoms with E-state index in [1.807, 2.05) is 60.7 Å². The zero-order valence-electron chi connectivity index (χ0n) is 14.7. The Labute approximate surface area is 155 Å². The minimum Gasteiger partial charge on any atom is -0.497 e. The van der Waals surface area contributed by atoms with Crippen LogP contribution in [0.2, 0.25) is 0 Å². The molecular formula is C20H17N5O2. The van der Waals surface area contributed by atoms with Crippen LogP contribution >= 0.6 is 0 Å². The lowest BCUT2D eigenvalue weighted by Gasteiger charge is -2.07. The number of aromatic nitrogens is 4. The molecule has 0 fully saturated rings. The summed E-state index contributed by atoms with van der Waals surface area (Å²) in [5, 5.41) is 15.1. The summed E-state index contributed by atoms with van der Waals surface area (Å²) in [5.41, 5.74) is 4.11. The molecule has 0 aliphatic heterocycles. The Bertz CT molecular complexity index is 1070. The van der Waals surface area contributed by atoms with Crippen molar-refractivity contribution in [1.29, 1.82) is 0 Å². The molecule has 27 heavy (non-hydrogen) atoms. The van der Waals surface area contributed by atoms with Gasteiger partial charge in [0.15, 0.2) is 5.65 Å². The fourth-order valence-corrected chi connectivity index (χ4v) is 2.74. The van der Waals surface area contributed by atoms with Gasteiger partial charge in [-0.1, -0.05) is 24.3 Å². The first kappa shape index (κ1) is 16.7. The molecular weight excluding hydrogens is 342 g/mol. The maximum atomic E-state index is 12.2. The number of ether oxygens (including phenoxy) is 1. The number of rotatable bonds is 5. The van der Waals surface area contributed by atoms with Crippen molar-refractivity contribution in [3.8, 4) is 17.0 Å². The highest BCUT2D eigenvalue weighted by molar-refractivity contribution is 5.92. The zero-order chi connectivity index (χ0) is 18.6. The van der Waals surface area contributed by atoms with Gasteiger partial charge in [0.2, 0.25) is 5.91 Å². The third-order valence-corrected chi connectivity index (χ3v) is 4.15. The van der Waals surface area contributed by atoms with Crippen molar-refractivity contribution in [3.63, 3.8) is 0 Å². The van der Waals surface area contributed by atoms with E-state index in [-0.39, 0.29) is 5.91 Å². The molecule has 0 unspecified atom stereocenters. The van der Waals surface area contributed by atoms with Crippen molar-refractivity contribution >= 4 is 17.2 Å². The number of anilines is 1. The first-order valence-corrected chi connectivity index (χ1v) is 8.41. The largest absolute Gasteiger partial charge is 0.497 e. The Morgan fingerprint density at radius 3 is 2.56 bits per heavy atom. The third-order valence-electron chi connectivity index (χ3n) is 4.15. The van der Waals surface area contributed by atoms with Gasteiger partial charge < -0.3 is 10.1 Å². The molecule has 0 aliphatic carbocycles. The molecule has 0 spiro atoms. The van der Waals surface area contributed by atoms with Gasteiger partial charge in [0.1, 0.15) is 12.1 Å². The predicted molar refractivity (Wildman–Crippen MR) is 102 cm³/mol. The Kier molecular flexibility index (Phi) is 4.49. The topological polar surface area (TPSA) is 81.4 Å². The van der Waals surface area contributed by atoms with Gasteiger partial charge in [-0.3, -0.25) is 4.79 Å². The quantitative estimate of drug-likeness (QED) is 0.592. The van der Waals surface area contributed by atoms with Crippen LogP contribution in [0.5, 0.6) is 5.75 Å². The smallest absolute Gasteiger partial charge is 0.228 e. The van der Waals surface area contributed by atoms with Crippen LogP contribution in [0.15, 0.2) is 67.0 Å². The molecule has 0 saturated heterocycles. The van der Waals surface area contributed by atoms with Gasteiger partial charge in [-0.2, -0.15) is 9.61 Å². The van der Waals surface area contributed by atoms with E-state index < -0.39 is 0 Å². The lowest BCUT2D eigenvalue weighted by Crippen LogP contribution is -2.14. The first-order chi connectivity index (χ1) is 13.2. The van der Waals surface area contributed by atoms with Crippen LogP contribution in [0.4, 0.5) is 5.69 Å². The first-order valence-electron chi connectivity index (χ1n) is 8.41. The predicted octanol–water partition coefficient (Wildman–Crippen LogP) is 2.98. The number of benzene rings is 2. The lowest BCUT2D eigenvalue weighted by molar-refractivity contribution is -0.115. The van der Waals surface area contributed by atoms with E-state index in [2.05, 4.69) is 20.6 Å². The molecule has 0 atom stereocenters. The highest BCUT2D eigenvalue weighted by Gasteiger charge is 2.06. The Balaban J connectivity index is 1.42. The van der Waals surface area contributed by atoms with E-state index in [1.54, 1.807) is 18.0 Å². The fraction of sp³-hybridized carbons (Fsp3) is 0.100. The van der Waals surface area contributed by atoms with E-state index in [1.165, 1.54) is 0 Å². The van der Waals surface area contributed by atoms with Gasteiger partial charge in [-0.15, -0.1) is 10.2 Å². The zero-order valence-corrected chi connectivity index (χ0v) is 14.7. The van der Waals surface area contributed by atoms with Crippen molar-refractivity contribution in [2.45, 2.75) is 6.42 Å². The Hall–Kier alpha value is -3.74. The number of nitrogens with zero attached hydrogens (tertiary/aromatic N) is 4. The molecule has 0 aliphatic rings. The number of hydrogen-bond donors (Lipinski definition) is 1. The highest BCUT2D eigenvalue weighted by atomic mass is 16.5. The second-order valence-electron chi connectivity index (χ2n) is 6.00. The molecule has 0 radical (unpaired) electrons. The van der Waals surface area contributed by atoms with E-state index in [9.17, 15) is 4.79 Å². The maximum Gasteiger partial charge on any atom is 0.228 e. The van der Waals surface area contributed by atoms with Crippen molar-refractivity contribution < 1.29 is 9.53 Å². The van der Waals surface area contributed by atoms with Crippen LogP contribution in [0.1, 0.15) is 5.56 Å². The maximum absolute atomic E-state index is 12.2. The Morgan fingerprint density at radius 1 is 1.04 bits per heavy atom. The molecule has 4 aromatic rings. The van der Waals surface area contributed by atoms with Crippen molar-refractivity contribution in [2.75, 3.05) is 12.4 Å². The average Bonchev–Trinajstić information content (AvgIpc) is 3.17. The fourth-order valence-electron chi connectivity index (χ4n) is 2.74. The van der Waals surface area contributed by atoms with Gasteiger partial charge in [-0.25, -0.2) is 0 Å². The number of carbonyl (C=O) groups is 1. The normalized spacial score (nSPS) is 10.7. The monoisotopic (exact) mass is 359 g/mol. The van der Waals surface area contributed by atoms with Gasteiger partial charge in [0.05, 0.1) is 19.2 Å². The minimum absolute atomic E-state index is 0.0723. The lowest BCUT2D eigenvalue weighted by atomic mass is 10.1. The summed E-state index contributed by atoms with van der Waals surface area (Å²) in [4.78, 5) is 12.2. The number of amides is 1. The van der Waals surface area contributed by atoms with Crippen LogP contribution in [-0.4, -0.2) is 32.8 Å². The summed E-state index contributed by atoms with van der Waals surface area (Å²) in [6.45, 7) is 0. The van der Waals surface area contributed by atoms with E-state index in [0.29, 0.717) is 12.1 Å². The van der Waals surface area contributed by atoms with Crippen molar-refractivity contribution in [2.24, 2.45) is 0 Å². The SMILES string of the molecule is COc1ccc(CC(=O)Nc2ccc(-c3ccc4nncn4n3)cc2)cc1. The molecule has 134 valence electrons. The average molecular weight is 359 g/mol. The van der Waals surface area contributed by atoms with Crippen LogP contribution in [0, 0.1) is 0 Å². The number of fused-ring (bicyclic) bond motifs is 1. The van der Waals surface area contributed by atoms with Crippen LogP contribution in [0.3, 0.4) is 0 Å². The summed E-state index contributed by atoms with van der Waals surface area (Å²) in [5.74, 6) is 0.699. The number of nitrogens with one attached hydrogen (secondary N) is 1. The van der Waals surface area contributed by atoms with E-state index in [0.717, 1.165) is 28.3 Å². The molecule has 4 rings (SSSR count). The second kappa shape index (κ2) is 7.25. The molecule has 2 aromatic carbocycles. The molecule has 7 nitrogen and oxygen atoms in total. The van der Waals surface area contributed by atoms with Gasteiger partial charge in [0.25, 0.3) is 0 Å². The summed E-state index contributed by atoms with van der Waals surface area (Å²) in [6.07, 6.45) is 1.87. The highest BCUT2D eigenvalue weighted by Crippen LogP contribution is 2.20. The van der Waals surface area contributed by atoms with Crippen molar-refractivity contribution in [3.05, 3.63) is 72.6 Å². The summed E-state index contributed by atoms with van der Waals surface area (Å²) < 4.78 is 6.75.